The second-order valence-corrected chi connectivity index (χ2v) is 10.4. The summed E-state index contributed by atoms with van der Waals surface area (Å²) in [6.07, 6.45) is 1.24. The molecule has 0 spiro atoms. The van der Waals surface area contributed by atoms with E-state index in [1.54, 1.807) is 0 Å². The third-order valence-electron chi connectivity index (χ3n) is 7.70. The molecule has 1 fully saturated rings. The van der Waals surface area contributed by atoms with Gasteiger partial charge >= 0.3 is 5.97 Å². The lowest BCUT2D eigenvalue weighted by Gasteiger charge is -2.40. The normalized spacial score (nSPS) is 16.6. The fraction of sp³-hybridized carbons (Fsp3) is 0.162. The first-order valence-corrected chi connectivity index (χ1v) is 14.3. The molecule has 1 aliphatic heterocycles. The van der Waals surface area contributed by atoms with E-state index in [2.05, 4.69) is 52.7 Å². The summed E-state index contributed by atoms with van der Waals surface area (Å²) in [5.41, 5.74) is 4.87. The van der Waals surface area contributed by atoms with Crippen LogP contribution >= 0.6 is 0 Å². The van der Waals surface area contributed by atoms with Gasteiger partial charge in [-0.2, -0.15) is 10.2 Å². The van der Waals surface area contributed by atoms with Gasteiger partial charge in [-0.15, -0.1) is 0 Å². The summed E-state index contributed by atoms with van der Waals surface area (Å²) in [7, 11) is 0. The van der Waals surface area contributed by atoms with Crippen LogP contribution in [0.2, 0.25) is 0 Å². The van der Waals surface area contributed by atoms with E-state index < -0.39 is 5.60 Å². The highest BCUT2D eigenvalue weighted by atomic mass is 16.6. The number of carbonyl (C=O) groups excluding carboxylic acids is 1. The van der Waals surface area contributed by atoms with Gasteiger partial charge in [0.2, 0.25) is 0 Å². The molecule has 0 saturated carbocycles. The van der Waals surface area contributed by atoms with Crippen LogP contribution in [0.3, 0.4) is 0 Å². The number of carbonyl (C=O) groups is 1. The first-order chi connectivity index (χ1) is 20.7. The molecule has 0 amide bonds. The largest absolute Gasteiger partial charge is 0.461 e. The quantitative estimate of drug-likeness (QED) is 0.0937. The van der Waals surface area contributed by atoms with Crippen molar-refractivity contribution in [3.05, 3.63) is 168 Å². The Morgan fingerprint density at radius 1 is 0.619 bits per heavy atom. The first kappa shape index (κ1) is 27.3. The second-order valence-electron chi connectivity index (χ2n) is 10.4. The Kier molecular flexibility index (Phi) is 8.29. The second kappa shape index (κ2) is 12.8. The maximum Gasteiger partial charge on any atom is 0.315 e. The van der Waals surface area contributed by atoms with E-state index in [4.69, 9.17) is 9.47 Å². The average molecular weight is 553 g/mol. The van der Waals surface area contributed by atoms with Crippen LogP contribution in [0.5, 0.6) is 0 Å². The number of ether oxygens (including phenoxy) is 2. The molecular formula is C37H32N2O3. The van der Waals surface area contributed by atoms with E-state index in [1.165, 1.54) is 0 Å². The maximum atomic E-state index is 12.7. The molecule has 1 heterocycles. The summed E-state index contributed by atoms with van der Waals surface area (Å²) in [6, 6.07) is 48.3. The minimum atomic E-state index is -0.873. The Morgan fingerprint density at radius 3 is 1.67 bits per heavy atom. The summed E-state index contributed by atoms with van der Waals surface area (Å²) in [5, 5.41) is 8.71. The molecule has 5 aromatic carbocycles. The number of nitrogens with zero attached hydrogens (tertiary/aromatic N) is 2. The van der Waals surface area contributed by atoms with Gasteiger partial charge in [0.05, 0.1) is 18.0 Å². The van der Waals surface area contributed by atoms with Crippen LogP contribution in [0, 0.1) is 5.92 Å². The van der Waals surface area contributed by atoms with Crippen LogP contribution in [0.25, 0.3) is 0 Å². The Hall–Kier alpha value is -4.87. The van der Waals surface area contributed by atoms with Gasteiger partial charge in [-0.3, -0.25) is 4.79 Å². The molecule has 42 heavy (non-hydrogen) atoms. The lowest BCUT2D eigenvalue weighted by molar-refractivity contribution is -0.194. The van der Waals surface area contributed by atoms with Crippen molar-refractivity contribution in [1.82, 2.24) is 0 Å². The van der Waals surface area contributed by atoms with Crippen molar-refractivity contribution in [1.29, 1.82) is 0 Å². The van der Waals surface area contributed by atoms with Crippen molar-refractivity contribution in [2.24, 2.45) is 16.1 Å². The van der Waals surface area contributed by atoms with E-state index in [0.29, 0.717) is 6.42 Å². The zero-order valence-electron chi connectivity index (χ0n) is 23.3. The highest BCUT2D eigenvalue weighted by Gasteiger charge is 2.45. The van der Waals surface area contributed by atoms with Crippen molar-refractivity contribution in [2.45, 2.75) is 24.5 Å². The van der Waals surface area contributed by atoms with Crippen LogP contribution < -0.4 is 0 Å². The molecule has 0 unspecified atom stereocenters. The van der Waals surface area contributed by atoms with Crippen molar-refractivity contribution >= 4 is 17.3 Å². The highest BCUT2D eigenvalue weighted by molar-refractivity contribution is 5.78. The number of hydrogen-bond acceptors (Lipinski definition) is 5. The fourth-order valence-corrected chi connectivity index (χ4v) is 5.51. The third-order valence-corrected chi connectivity index (χ3v) is 7.70. The summed E-state index contributed by atoms with van der Waals surface area (Å²) < 4.78 is 12.5. The number of aryl methyl sites for hydroxylation is 1. The van der Waals surface area contributed by atoms with Crippen molar-refractivity contribution < 1.29 is 14.3 Å². The highest BCUT2D eigenvalue weighted by Crippen LogP contribution is 2.42. The number of rotatable bonds is 11. The standard InChI is InChI=1S/C37H32N2O3/c40-36-34(35(42-36)25-24-28-14-13-23-33(26-28)39-38-32-21-11-4-12-22-32)27-41-37(29-15-5-1-6-16-29,30-17-7-2-8-18-30)31-19-9-3-10-20-31/h1-23,26,34-35H,24-25,27H2/t34-,35-/m1/s1. The van der Waals surface area contributed by atoms with E-state index in [1.807, 2.05) is 103 Å². The van der Waals surface area contributed by atoms with Gasteiger partial charge in [0.1, 0.15) is 17.6 Å². The summed E-state index contributed by atoms with van der Waals surface area (Å²) in [6.45, 7) is 0.244. The molecule has 5 aromatic rings. The van der Waals surface area contributed by atoms with Crippen molar-refractivity contribution in [3.8, 4) is 0 Å². The summed E-state index contributed by atoms with van der Waals surface area (Å²) in [5.74, 6) is -0.560. The zero-order valence-corrected chi connectivity index (χ0v) is 23.3. The molecule has 208 valence electrons. The van der Waals surface area contributed by atoms with Gasteiger partial charge in [0.25, 0.3) is 0 Å². The Balaban J connectivity index is 1.19. The molecule has 0 aliphatic carbocycles. The lowest BCUT2D eigenvalue weighted by atomic mass is 9.79. The van der Waals surface area contributed by atoms with Crippen LogP contribution in [0.15, 0.2) is 156 Å². The van der Waals surface area contributed by atoms with E-state index in [9.17, 15) is 4.79 Å². The predicted molar refractivity (Wildman–Crippen MR) is 164 cm³/mol. The Labute approximate surface area is 246 Å². The number of esters is 1. The van der Waals surface area contributed by atoms with Gasteiger partial charge in [-0.1, -0.05) is 121 Å². The van der Waals surface area contributed by atoms with Gasteiger partial charge in [-0.25, -0.2) is 0 Å². The van der Waals surface area contributed by atoms with Crippen LogP contribution in [0.4, 0.5) is 11.4 Å². The molecule has 2 atom stereocenters. The molecule has 0 bridgehead atoms. The smallest absolute Gasteiger partial charge is 0.315 e. The average Bonchev–Trinajstić information content (AvgIpc) is 3.06. The number of azo groups is 1. The third kappa shape index (κ3) is 5.92. The van der Waals surface area contributed by atoms with Crippen LogP contribution in [-0.2, 0) is 26.3 Å². The first-order valence-electron chi connectivity index (χ1n) is 14.3. The maximum absolute atomic E-state index is 12.7. The zero-order chi connectivity index (χ0) is 28.6. The topological polar surface area (TPSA) is 60.2 Å². The van der Waals surface area contributed by atoms with Gasteiger partial charge in [0.15, 0.2) is 0 Å². The molecule has 6 rings (SSSR count). The van der Waals surface area contributed by atoms with E-state index in [0.717, 1.165) is 40.0 Å². The summed E-state index contributed by atoms with van der Waals surface area (Å²) in [4.78, 5) is 12.7. The lowest BCUT2D eigenvalue weighted by Crippen LogP contribution is -2.49. The molecule has 1 aliphatic rings. The van der Waals surface area contributed by atoms with Gasteiger partial charge in [-0.05, 0) is 59.4 Å². The number of benzene rings is 5. The van der Waals surface area contributed by atoms with Gasteiger partial charge in [0, 0.05) is 0 Å². The van der Waals surface area contributed by atoms with Crippen molar-refractivity contribution in [2.75, 3.05) is 6.61 Å². The molecule has 1 saturated heterocycles. The minimum Gasteiger partial charge on any atom is -0.461 e. The molecular weight excluding hydrogens is 520 g/mol. The minimum absolute atomic E-state index is 0.214. The molecule has 0 N–H and O–H groups in total. The Morgan fingerprint density at radius 2 is 1.12 bits per heavy atom. The number of hydrogen-bond donors (Lipinski definition) is 0. The van der Waals surface area contributed by atoms with E-state index in [-0.39, 0.29) is 24.6 Å². The number of cyclic esters (lactones) is 1. The van der Waals surface area contributed by atoms with Crippen molar-refractivity contribution in [3.63, 3.8) is 0 Å². The SMILES string of the molecule is O=C1O[C@H](CCc2cccc(N=Nc3ccccc3)c2)[C@H]1COC(c1ccccc1)(c1ccccc1)c1ccccc1. The Bertz CT molecular complexity index is 1530. The molecule has 5 heteroatoms. The van der Waals surface area contributed by atoms with Gasteiger partial charge < -0.3 is 9.47 Å². The molecule has 5 nitrogen and oxygen atoms in total. The fourth-order valence-electron chi connectivity index (χ4n) is 5.51. The monoisotopic (exact) mass is 552 g/mol. The molecule has 0 aromatic heterocycles. The van der Waals surface area contributed by atoms with Crippen LogP contribution in [-0.4, -0.2) is 18.7 Å². The van der Waals surface area contributed by atoms with Crippen LogP contribution in [0.1, 0.15) is 28.7 Å². The summed E-state index contributed by atoms with van der Waals surface area (Å²) >= 11 is 0. The van der Waals surface area contributed by atoms with E-state index >= 15 is 0 Å². The molecule has 0 radical (unpaired) electrons. The predicted octanol–water partition coefficient (Wildman–Crippen LogP) is 8.58.